The summed E-state index contributed by atoms with van der Waals surface area (Å²) >= 11 is 6.11. The third-order valence-electron chi connectivity index (χ3n) is 4.24. The summed E-state index contributed by atoms with van der Waals surface area (Å²) in [5.74, 6) is 1.35. The zero-order valence-corrected chi connectivity index (χ0v) is 11.9. The van der Waals surface area contributed by atoms with Gasteiger partial charge in [-0.05, 0) is 31.4 Å². The average molecular weight is 282 g/mol. The van der Waals surface area contributed by atoms with Crippen molar-refractivity contribution in [2.45, 2.75) is 31.9 Å². The molecular formula is C15H20ClNO2. The number of para-hydroxylation sites is 1. The zero-order valence-electron chi connectivity index (χ0n) is 11.2. The van der Waals surface area contributed by atoms with Gasteiger partial charge in [-0.25, -0.2) is 0 Å². The molecule has 1 N–H and O–H groups in total. The lowest BCUT2D eigenvalue weighted by Gasteiger charge is -2.41. The summed E-state index contributed by atoms with van der Waals surface area (Å²) in [6.07, 6.45) is 1.97. The van der Waals surface area contributed by atoms with Crippen molar-refractivity contribution in [2.75, 3.05) is 19.7 Å². The van der Waals surface area contributed by atoms with Crippen LogP contribution in [0, 0.1) is 5.92 Å². The maximum absolute atomic E-state index is 10.6. The molecule has 0 bridgehead atoms. The molecule has 2 heterocycles. The number of rotatable bonds is 1. The smallest absolute Gasteiger partial charge is 0.143 e. The number of ether oxygens (including phenoxy) is 1. The highest BCUT2D eigenvalue weighted by atomic mass is 35.5. The molecule has 3 rings (SSSR count). The zero-order chi connectivity index (χ0) is 13.4. The highest BCUT2D eigenvalue weighted by Gasteiger charge is 2.35. The molecule has 1 fully saturated rings. The molecule has 0 radical (unpaired) electrons. The van der Waals surface area contributed by atoms with Crippen LogP contribution in [-0.2, 0) is 0 Å². The fourth-order valence-electron chi connectivity index (χ4n) is 3.21. The highest BCUT2D eigenvalue weighted by molar-refractivity contribution is 6.32. The number of hydrogen-bond donors (Lipinski definition) is 1. The second-order valence-corrected chi connectivity index (χ2v) is 6.13. The SMILES string of the molecule is CC1CCCN(C2COc3c(Cl)cccc3C2O)C1. The molecule has 1 saturated heterocycles. The molecule has 1 aromatic rings. The molecule has 2 aliphatic rings. The first-order valence-electron chi connectivity index (χ1n) is 7.00. The van der Waals surface area contributed by atoms with Crippen molar-refractivity contribution < 1.29 is 9.84 Å². The molecule has 3 atom stereocenters. The van der Waals surface area contributed by atoms with Crippen molar-refractivity contribution in [1.29, 1.82) is 0 Å². The largest absolute Gasteiger partial charge is 0.490 e. The third kappa shape index (κ3) is 2.47. The Morgan fingerprint density at radius 2 is 2.26 bits per heavy atom. The monoisotopic (exact) mass is 281 g/mol. The molecule has 1 aromatic carbocycles. The van der Waals surface area contributed by atoms with Crippen molar-refractivity contribution in [3.05, 3.63) is 28.8 Å². The molecular weight excluding hydrogens is 262 g/mol. The molecule has 0 aliphatic carbocycles. The van der Waals surface area contributed by atoms with E-state index in [0.717, 1.165) is 18.7 Å². The molecule has 3 nitrogen and oxygen atoms in total. The first-order valence-corrected chi connectivity index (χ1v) is 7.38. The van der Waals surface area contributed by atoms with E-state index in [4.69, 9.17) is 16.3 Å². The standard InChI is InChI=1S/C15H20ClNO2/c1-10-4-3-7-17(8-10)13-9-19-15-11(14(13)18)5-2-6-12(15)16/h2,5-6,10,13-14,18H,3-4,7-9H2,1H3. The van der Waals surface area contributed by atoms with Gasteiger partial charge in [0.2, 0.25) is 0 Å². The fourth-order valence-corrected chi connectivity index (χ4v) is 3.45. The molecule has 2 aliphatic heterocycles. The summed E-state index contributed by atoms with van der Waals surface area (Å²) in [6.45, 7) is 4.88. The lowest BCUT2D eigenvalue weighted by molar-refractivity contribution is -0.0126. The second-order valence-electron chi connectivity index (χ2n) is 5.72. The van der Waals surface area contributed by atoms with Gasteiger partial charge in [0.25, 0.3) is 0 Å². The Bertz CT molecular complexity index is 465. The van der Waals surface area contributed by atoms with Gasteiger partial charge >= 0.3 is 0 Å². The van der Waals surface area contributed by atoms with E-state index in [9.17, 15) is 5.11 Å². The molecule has 3 unspecified atom stereocenters. The Hall–Kier alpha value is -0.770. The van der Waals surface area contributed by atoms with E-state index in [1.807, 2.05) is 12.1 Å². The Labute approximate surface area is 119 Å². The minimum atomic E-state index is -0.507. The van der Waals surface area contributed by atoms with Crippen molar-refractivity contribution in [3.63, 3.8) is 0 Å². The van der Waals surface area contributed by atoms with E-state index < -0.39 is 6.10 Å². The van der Waals surface area contributed by atoms with Gasteiger partial charge in [0, 0.05) is 12.1 Å². The van der Waals surface area contributed by atoms with Crippen LogP contribution < -0.4 is 4.74 Å². The van der Waals surface area contributed by atoms with E-state index in [2.05, 4.69) is 11.8 Å². The average Bonchev–Trinajstić information content (AvgIpc) is 2.40. The first-order chi connectivity index (χ1) is 9.16. The van der Waals surface area contributed by atoms with Crippen LogP contribution >= 0.6 is 11.6 Å². The van der Waals surface area contributed by atoms with Crippen LogP contribution in [-0.4, -0.2) is 35.7 Å². The predicted octanol–water partition coefficient (Wildman–Crippen LogP) is 2.87. The van der Waals surface area contributed by atoms with Crippen LogP contribution in [0.5, 0.6) is 5.75 Å². The molecule has 19 heavy (non-hydrogen) atoms. The Kier molecular flexibility index (Phi) is 3.70. The lowest BCUT2D eigenvalue weighted by Crippen LogP contribution is -2.49. The molecule has 0 amide bonds. The number of aliphatic hydroxyl groups excluding tert-OH is 1. The number of likely N-dealkylation sites (tertiary alicyclic amines) is 1. The quantitative estimate of drug-likeness (QED) is 0.859. The van der Waals surface area contributed by atoms with Crippen LogP contribution in [0.4, 0.5) is 0 Å². The van der Waals surface area contributed by atoms with Gasteiger partial charge < -0.3 is 9.84 Å². The van der Waals surface area contributed by atoms with E-state index in [1.54, 1.807) is 6.07 Å². The van der Waals surface area contributed by atoms with Crippen molar-refractivity contribution in [1.82, 2.24) is 4.90 Å². The highest BCUT2D eigenvalue weighted by Crippen LogP contribution is 2.39. The number of benzene rings is 1. The predicted molar refractivity (Wildman–Crippen MR) is 75.7 cm³/mol. The van der Waals surface area contributed by atoms with Crippen LogP contribution in [0.25, 0.3) is 0 Å². The van der Waals surface area contributed by atoms with E-state index in [-0.39, 0.29) is 6.04 Å². The van der Waals surface area contributed by atoms with Crippen molar-refractivity contribution in [2.24, 2.45) is 5.92 Å². The van der Waals surface area contributed by atoms with Crippen molar-refractivity contribution in [3.8, 4) is 5.75 Å². The fraction of sp³-hybridized carbons (Fsp3) is 0.600. The topological polar surface area (TPSA) is 32.7 Å². The van der Waals surface area contributed by atoms with Gasteiger partial charge in [-0.1, -0.05) is 30.7 Å². The maximum atomic E-state index is 10.6. The van der Waals surface area contributed by atoms with Crippen LogP contribution in [0.15, 0.2) is 18.2 Å². The summed E-state index contributed by atoms with van der Waals surface area (Å²) in [4.78, 5) is 2.36. The minimum Gasteiger partial charge on any atom is -0.490 e. The van der Waals surface area contributed by atoms with Crippen LogP contribution in [0.2, 0.25) is 5.02 Å². The van der Waals surface area contributed by atoms with Crippen LogP contribution in [0.3, 0.4) is 0 Å². The number of hydrogen-bond acceptors (Lipinski definition) is 3. The summed E-state index contributed by atoms with van der Waals surface area (Å²) in [5, 5.41) is 11.2. The summed E-state index contributed by atoms with van der Waals surface area (Å²) in [6, 6.07) is 5.63. The minimum absolute atomic E-state index is 0.0497. The third-order valence-corrected chi connectivity index (χ3v) is 4.53. The van der Waals surface area contributed by atoms with Gasteiger partial charge in [-0.2, -0.15) is 0 Å². The summed E-state index contributed by atoms with van der Waals surface area (Å²) in [7, 11) is 0. The Morgan fingerprint density at radius 1 is 1.42 bits per heavy atom. The number of fused-ring (bicyclic) bond motifs is 1. The Balaban J connectivity index is 1.83. The number of halogens is 1. The van der Waals surface area contributed by atoms with Gasteiger partial charge in [0.05, 0.1) is 11.1 Å². The van der Waals surface area contributed by atoms with E-state index in [0.29, 0.717) is 23.3 Å². The number of aliphatic hydroxyl groups is 1. The summed E-state index contributed by atoms with van der Waals surface area (Å²) in [5.41, 5.74) is 0.821. The first kappa shape index (κ1) is 13.2. The van der Waals surface area contributed by atoms with Crippen molar-refractivity contribution >= 4 is 11.6 Å². The maximum Gasteiger partial charge on any atom is 0.143 e. The Morgan fingerprint density at radius 3 is 3.05 bits per heavy atom. The lowest BCUT2D eigenvalue weighted by atomic mass is 9.93. The molecule has 0 saturated carbocycles. The summed E-state index contributed by atoms with van der Waals surface area (Å²) < 4.78 is 5.79. The van der Waals surface area contributed by atoms with Gasteiger partial charge in [-0.3, -0.25) is 4.90 Å². The molecule has 0 aromatic heterocycles. The number of nitrogens with zero attached hydrogens (tertiary/aromatic N) is 1. The van der Waals surface area contributed by atoms with Gasteiger partial charge in [0.15, 0.2) is 0 Å². The molecule has 4 heteroatoms. The molecule has 0 spiro atoms. The second kappa shape index (κ2) is 5.31. The number of piperidine rings is 1. The van der Waals surface area contributed by atoms with Crippen LogP contribution in [0.1, 0.15) is 31.4 Å². The molecule has 104 valence electrons. The van der Waals surface area contributed by atoms with E-state index in [1.165, 1.54) is 12.8 Å². The van der Waals surface area contributed by atoms with Gasteiger partial charge in [-0.15, -0.1) is 0 Å². The van der Waals surface area contributed by atoms with Gasteiger partial charge in [0.1, 0.15) is 18.5 Å². The normalized spacial score (nSPS) is 31.6. The van der Waals surface area contributed by atoms with E-state index >= 15 is 0 Å².